The van der Waals surface area contributed by atoms with Crippen molar-refractivity contribution in [2.24, 2.45) is 0 Å². The fourth-order valence-electron chi connectivity index (χ4n) is 3.17. The number of piperazine rings is 1. The maximum absolute atomic E-state index is 12.7. The van der Waals surface area contributed by atoms with Crippen LogP contribution in [0.4, 0.5) is 4.79 Å². The first kappa shape index (κ1) is 21.8. The van der Waals surface area contributed by atoms with Crippen molar-refractivity contribution >= 4 is 22.0 Å². The standard InChI is InChI=1S/C21H25N3O5S/c1-17(22-21(26)29-16-18-8-4-2-5-9-18)20(25)23-12-14-24(15-13-23)30(27,28)19-10-6-3-7-11-19/h2-11,17H,12-16H2,1H3,(H,22,26)/t17-/m0/s1. The number of benzene rings is 2. The monoisotopic (exact) mass is 431 g/mol. The lowest BCUT2D eigenvalue weighted by atomic mass is 10.2. The van der Waals surface area contributed by atoms with Crippen molar-refractivity contribution in [1.29, 1.82) is 0 Å². The molecule has 8 nitrogen and oxygen atoms in total. The minimum absolute atomic E-state index is 0.115. The summed E-state index contributed by atoms with van der Waals surface area (Å²) in [7, 11) is -3.58. The van der Waals surface area contributed by atoms with Gasteiger partial charge in [0.05, 0.1) is 4.90 Å². The van der Waals surface area contributed by atoms with Crippen LogP contribution in [0.15, 0.2) is 65.6 Å². The highest BCUT2D eigenvalue weighted by atomic mass is 32.2. The van der Waals surface area contributed by atoms with Crippen LogP contribution in [-0.4, -0.2) is 61.8 Å². The Morgan fingerprint density at radius 3 is 2.13 bits per heavy atom. The van der Waals surface area contributed by atoms with Crippen molar-refractivity contribution in [3.63, 3.8) is 0 Å². The van der Waals surface area contributed by atoms with E-state index in [1.165, 1.54) is 4.31 Å². The number of alkyl carbamates (subject to hydrolysis) is 1. The van der Waals surface area contributed by atoms with Crippen LogP contribution in [0.5, 0.6) is 0 Å². The topological polar surface area (TPSA) is 96.0 Å². The minimum atomic E-state index is -3.58. The van der Waals surface area contributed by atoms with Gasteiger partial charge in [0, 0.05) is 26.2 Å². The van der Waals surface area contributed by atoms with Crippen LogP contribution in [0, 0.1) is 0 Å². The molecule has 0 spiro atoms. The van der Waals surface area contributed by atoms with Crippen LogP contribution in [0.1, 0.15) is 12.5 Å². The number of carbonyl (C=O) groups excluding carboxylic acids is 2. The molecule has 0 unspecified atom stereocenters. The zero-order valence-electron chi connectivity index (χ0n) is 16.7. The van der Waals surface area contributed by atoms with Gasteiger partial charge in [0.1, 0.15) is 12.6 Å². The van der Waals surface area contributed by atoms with E-state index in [9.17, 15) is 18.0 Å². The summed E-state index contributed by atoms with van der Waals surface area (Å²) < 4.78 is 31.9. The van der Waals surface area contributed by atoms with Gasteiger partial charge in [-0.25, -0.2) is 13.2 Å². The average Bonchev–Trinajstić information content (AvgIpc) is 2.78. The summed E-state index contributed by atoms with van der Waals surface area (Å²) in [6, 6.07) is 16.7. The Balaban J connectivity index is 1.48. The molecule has 0 saturated carbocycles. The molecule has 30 heavy (non-hydrogen) atoms. The number of nitrogens with zero attached hydrogens (tertiary/aromatic N) is 2. The highest BCUT2D eigenvalue weighted by molar-refractivity contribution is 7.89. The van der Waals surface area contributed by atoms with E-state index < -0.39 is 22.2 Å². The molecule has 0 radical (unpaired) electrons. The molecule has 0 bridgehead atoms. The van der Waals surface area contributed by atoms with Crippen molar-refractivity contribution in [3.05, 3.63) is 66.2 Å². The van der Waals surface area contributed by atoms with E-state index in [1.54, 1.807) is 42.2 Å². The van der Waals surface area contributed by atoms with Gasteiger partial charge in [-0.2, -0.15) is 4.31 Å². The highest BCUT2D eigenvalue weighted by Crippen LogP contribution is 2.17. The van der Waals surface area contributed by atoms with Crippen LogP contribution >= 0.6 is 0 Å². The summed E-state index contributed by atoms with van der Waals surface area (Å²) in [5.41, 5.74) is 0.849. The van der Waals surface area contributed by atoms with E-state index in [-0.39, 0.29) is 43.6 Å². The number of amides is 2. The molecule has 2 amide bonds. The Morgan fingerprint density at radius 1 is 0.967 bits per heavy atom. The first-order valence-electron chi connectivity index (χ1n) is 9.69. The first-order chi connectivity index (χ1) is 14.4. The summed E-state index contributed by atoms with van der Waals surface area (Å²) in [5, 5.41) is 2.53. The van der Waals surface area contributed by atoms with Gasteiger partial charge in [-0.15, -0.1) is 0 Å². The fourth-order valence-corrected chi connectivity index (χ4v) is 4.61. The molecule has 3 rings (SSSR count). The van der Waals surface area contributed by atoms with Gasteiger partial charge in [-0.1, -0.05) is 48.5 Å². The maximum Gasteiger partial charge on any atom is 0.408 e. The van der Waals surface area contributed by atoms with Crippen molar-refractivity contribution < 1.29 is 22.7 Å². The first-order valence-corrected chi connectivity index (χ1v) is 11.1. The molecule has 1 fully saturated rings. The zero-order chi connectivity index (χ0) is 21.6. The van der Waals surface area contributed by atoms with E-state index in [1.807, 2.05) is 30.3 Å². The number of carbonyl (C=O) groups is 2. The smallest absolute Gasteiger partial charge is 0.408 e. The Hall–Kier alpha value is -2.91. The van der Waals surface area contributed by atoms with Gasteiger partial charge in [-0.3, -0.25) is 4.79 Å². The molecule has 1 saturated heterocycles. The van der Waals surface area contributed by atoms with Gasteiger partial charge < -0.3 is 15.0 Å². The maximum atomic E-state index is 12.7. The van der Waals surface area contributed by atoms with Crippen LogP contribution in [0.25, 0.3) is 0 Å². The lowest BCUT2D eigenvalue weighted by Crippen LogP contribution is -2.55. The fraction of sp³-hybridized carbons (Fsp3) is 0.333. The van der Waals surface area contributed by atoms with Crippen molar-refractivity contribution in [3.8, 4) is 0 Å². The van der Waals surface area contributed by atoms with E-state index in [0.717, 1.165) is 5.56 Å². The second-order valence-corrected chi connectivity index (χ2v) is 8.91. The van der Waals surface area contributed by atoms with Gasteiger partial charge in [0.15, 0.2) is 0 Å². The molecule has 1 heterocycles. The summed E-state index contributed by atoms with van der Waals surface area (Å²) in [5.74, 6) is -0.275. The number of nitrogens with one attached hydrogen (secondary N) is 1. The van der Waals surface area contributed by atoms with Gasteiger partial charge in [-0.05, 0) is 24.6 Å². The predicted octanol–water partition coefficient (Wildman–Crippen LogP) is 1.83. The van der Waals surface area contributed by atoms with Crippen molar-refractivity contribution in [2.45, 2.75) is 24.5 Å². The third-order valence-electron chi connectivity index (χ3n) is 4.85. The molecule has 1 aliphatic rings. The molecule has 1 N–H and O–H groups in total. The molecule has 9 heteroatoms. The van der Waals surface area contributed by atoms with Crippen LogP contribution in [0.2, 0.25) is 0 Å². The molecule has 160 valence electrons. The minimum Gasteiger partial charge on any atom is -0.445 e. The second-order valence-electron chi connectivity index (χ2n) is 6.97. The lowest BCUT2D eigenvalue weighted by Gasteiger charge is -2.35. The van der Waals surface area contributed by atoms with Gasteiger partial charge in [0.25, 0.3) is 0 Å². The summed E-state index contributed by atoms with van der Waals surface area (Å²) in [6.07, 6.45) is -0.676. The van der Waals surface area contributed by atoms with E-state index >= 15 is 0 Å². The summed E-state index contributed by atoms with van der Waals surface area (Å²) >= 11 is 0. The Bertz CT molecular complexity index is 959. The molecule has 2 aromatic rings. The average molecular weight is 432 g/mol. The molecular formula is C21H25N3O5S. The van der Waals surface area contributed by atoms with Crippen LogP contribution < -0.4 is 5.32 Å². The second kappa shape index (κ2) is 9.73. The molecule has 1 aliphatic heterocycles. The van der Waals surface area contributed by atoms with E-state index in [0.29, 0.717) is 0 Å². The number of hydrogen-bond acceptors (Lipinski definition) is 5. The van der Waals surface area contributed by atoms with Gasteiger partial charge in [0.2, 0.25) is 15.9 Å². The van der Waals surface area contributed by atoms with E-state index in [2.05, 4.69) is 5.32 Å². The van der Waals surface area contributed by atoms with Gasteiger partial charge >= 0.3 is 6.09 Å². The summed E-state index contributed by atoms with van der Waals surface area (Å²) in [4.78, 5) is 26.4. The highest BCUT2D eigenvalue weighted by Gasteiger charge is 2.31. The predicted molar refractivity (Wildman–Crippen MR) is 111 cm³/mol. The molecule has 0 aliphatic carbocycles. The number of sulfonamides is 1. The number of hydrogen-bond donors (Lipinski definition) is 1. The quantitative estimate of drug-likeness (QED) is 0.753. The summed E-state index contributed by atoms with van der Waals surface area (Å²) in [6.45, 7) is 2.62. The molecule has 2 aromatic carbocycles. The zero-order valence-corrected chi connectivity index (χ0v) is 17.5. The Labute approximate surface area is 176 Å². The molecule has 0 aromatic heterocycles. The van der Waals surface area contributed by atoms with Crippen LogP contribution in [-0.2, 0) is 26.2 Å². The largest absolute Gasteiger partial charge is 0.445 e. The third-order valence-corrected chi connectivity index (χ3v) is 6.76. The molecular weight excluding hydrogens is 406 g/mol. The lowest BCUT2D eigenvalue weighted by molar-refractivity contribution is -0.134. The molecule has 1 atom stereocenters. The third kappa shape index (κ3) is 5.37. The Morgan fingerprint density at radius 2 is 1.53 bits per heavy atom. The normalized spacial score (nSPS) is 16.0. The number of ether oxygens (including phenoxy) is 1. The van der Waals surface area contributed by atoms with Crippen molar-refractivity contribution in [2.75, 3.05) is 26.2 Å². The van der Waals surface area contributed by atoms with Crippen LogP contribution in [0.3, 0.4) is 0 Å². The SMILES string of the molecule is C[C@H](NC(=O)OCc1ccccc1)C(=O)N1CCN(S(=O)(=O)c2ccccc2)CC1. The Kier molecular flexibility index (Phi) is 7.07. The number of rotatable bonds is 6. The van der Waals surface area contributed by atoms with Crippen molar-refractivity contribution in [1.82, 2.24) is 14.5 Å². The van der Waals surface area contributed by atoms with E-state index in [4.69, 9.17) is 4.74 Å².